The van der Waals surface area contributed by atoms with Crippen molar-refractivity contribution in [3.05, 3.63) is 88.7 Å². The molecule has 3 aromatic carbocycles. The van der Waals surface area contributed by atoms with Crippen LogP contribution in [0.3, 0.4) is 0 Å². The van der Waals surface area contributed by atoms with Gasteiger partial charge in [0.2, 0.25) is 5.78 Å². The molecule has 0 N–H and O–H groups in total. The third-order valence-corrected chi connectivity index (χ3v) is 4.73. The molecule has 1 aliphatic heterocycles. The van der Waals surface area contributed by atoms with Gasteiger partial charge in [-0.05, 0) is 16.8 Å². The summed E-state index contributed by atoms with van der Waals surface area (Å²) < 4.78 is 5.89. The number of rotatable bonds is 0. The Hall–Kier alpha value is -3.20. The minimum atomic E-state index is -0.209. The number of ketones is 2. The van der Waals surface area contributed by atoms with E-state index in [0.29, 0.717) is 28.9 Å². The molecule has 0 aromatic heterocycles. The Morgan fingerprint density at radius 3 is 2.29 bits per heavy atom. The van der Waals surface area contributed by atoms with Crippen LogP contribution in [0.5, 0.6) is 5.75 Å². The van der Waals surface area contributed by atoms with E-state index in [1.54, 1.807) is 24.3 Å². The number of carbonyl (C=O) groups is 2. The number of Topliss-reactive ketones (excluding diaryl/α,β-unsaturated/α-hetero) is 2. The van der Waals surface area contributed by atoms with Crippen LogP contribution in [-0.4, -0.2) is 11.6 Å². The van der Waals surface area contributed by atoms with E-state index in [9.17, 15) is 9.59 Å². The van der Waals surface area contributed by atoms with E-state index in [2.05, 4.69) is 0 Å². The van der Waals surface area contributed by atoms with Crippen molar-refractivity contribution in [1.29, 1.82) is 0 Å². The van der Waals surface area contributed by atoms with Gasteiger partial charge in [-0.1, -0.05) is 54.6 Å². The van der Waals surface area contributed by atoms with E-state index < -0.39 is 0 Å². The van der Waals surface area contributed by atoms with Gasteiger partial charge in [-0.3, -0.25) is 9.59 Å². The molecule has 0 saturated heterocycles. The van der Waals surface area contributed by atoms with Gasteiger partial charge < -0.3 is 4.74 Å². The fourth-order valence-corrected chi connectivity index (χ4v) is 3.55. The lowest BCUT2D eigenvalue weighted by atomic mass is 9.83. The Kier molecular flexibility index (Phi) is 2.57. The van der Waals surface area contributed by atoms with Gasteiger partial charge in [-0.15, -0.1) is 0 Å². The minimum absolute atomic E-state index is 0.112. The molecule has 3 heteroatoms. The van der Waals surface area contributed by atoms with Gasteiger partial charge in [0.25, 0.3) is 0 Å². The van der Waals surface area contributed by atoms with E-state index in [0.717, 1.165) is 16.3 Å². The summed E-state index contributed by atoms with van der Waals surface area (Å²) in [6.45, 7) is 0. The van der Waals surface area contributed by atoms with Crippen LogP contribution in [0.15, 0.2) is 72.0 Å². The molecule has 1 aliphatic carbocycles. The minimum Gasteiger partial charge on any atom is -0.452 e. The van der Waals surface area contributed by atoms with Crippen LogP contribution in [0.25, 0.3) is 10.8 Å². The highest BCUT2D eigenvalue weighted by Crippen LogP contribution is 2.39. The Balaban J connectivity index is 1.72. The van der Waals surface area contributed by atoms with Crippen molar-refractivity contribution in [2.24, 2.45) is 0 Å². The maximum absolute atomic E-state index is 12.9. The van der Waals surface area contributed by atoms with Gasteiger partial charge in [0.15, 0.2) is 11.5 Å². The van der Waals surface area contributed by atoms with Gasteiger partial charge >= 0.3 is 0 Å². The fourth-order valence-electron chi connectivity index (χ4n) is 3.55. The number of carbonyl (C=O) groups excluding carboxylic acids is 2. The summed E-state index contributed by atoms with van der Waals surface area (Å²) in [7, 11) is 0. The molecule has 3 nitrogen and oxygen atoms in total. The molecule has 0 atom stereocenters. The summed E-state index contributed by atoms with van der Waals surface area (Å²) in [4.78, 5) is 25.6. The normalized spacial score (nSPS) is 15.7. The first-order valence-electron chi connectivity index (χ1n) is 7.84. The van der Waals surface area contributed by atoms with Crippen molar-refractivity contribution >= 4 is 22.3 Å². The molecule has 0 spiro atoms. The first kappa shape index (κ1) is 13.3. The van der Waals surface area contributed by atoms with Crippen LogP contribution >= 0.6 is 0 Å². The molecule has 24 heavy (non-hydrogen) atoms. The van der Waals surface area contributed by atoms with E-state index in [1.807, 2.05) is 36.4 Å². The molecule has 2 aliphatic rings. The molecule has 1 heterocycles. The average molecular weight is 312 g/mol. The molecule has 0 fully saturated rings. The predicted octanol–water partition coefficient (Wildman–Crippen LogP) is 4.11. The predicted molar refractivity (Wildman–Crippen MR) is 90.4 cm³/mol. The van der Waals surface area contributed by atoms with Crippen LogP contribution in [0.1, 0.15) is 26.3 Å². The van der Waals surface area contributed by atoms with E-state index in [-0.39, 0.29) is 17.3 Å². The van der Waals surface area contributed by atoms with Gasteiger partial charge in [0.05, 0.1) is 5.57 Å². The van der Waals surface area contributed by atoms with Crippen LogP contribution in [0.4, 0.5) is 0 Å². The second-order valence-electron chi connectivity index (χ2n) is 6.05. The topological polar surface area (TPSA) is 43.4 Å². The van der Waals surface area contributed by atoms with Crippen LogP contribution in [0.2, 0.25) is 0 Å². The van der Waals surface area contributed by atoms with Gasteiger partial charge in [0, 0.05) is 23.1 Å². The summed E-state index contributed by atoms with van der Waals surface area (Å²) in [5.41, 5.74) is 2.31. The zero-order valence-electron chi connectivity index (χ0n) is 12.7. The highest BCUT2D eigenvalue weighted by molar-refractivity contribution is 6.26. The van der Waals surface area contributed by atoms with E-state index >= 15 is 0 Å². The quantitative estimate of drug-likeness (QED) is 0.627. The Bertz CT molecular complexity index is 1090. The fraction of sp³-hybridized carbons (Fsp3) is 0.0476. The maximum Gasteiger partial charge on any atom is 0.229 e. The summed E-state index contributed by atoms with van der Waals surface area (Å²) in [5, 5.41) is 2.15. The summed E-state index contributed by atoms with van der Waals surface area (Å²) >= 11 is 0. The third kappa shape index (κ3) is 1.67. The molecule has 114 valence electrons. The summed E-state index contributed by atoms with van der Waals surface area (Å²) in [6.07, 6.45) is 0.422. The molecular formula is C21H12O3. The van der Waals surface area contributed by atoms with Crippen molar-refractivity contribution in [3.63, 3.8) is 0 Å². The SMILES string of the molecule is O=C1C2=C(Oc3ccc4ccccc4c3C2)C(=O)c2ccccc21. The van der Waals surface area contributed by atoms with Crippen molar-refractivity contribution in [1.82, 2.24) is 0 Å². The monoisotopic (exact) mass is 312 g/mol. The van der Waals surface area contributed by atoms with Crippen molar-refractivity contribution in [2.75, 3.05) is 0 Å². The first-order valence-corrected chi connectivity index (χ1v) is 7.84. The molecule has 0 amide bonds. The lowest BCUT2D eigenvalue weighted by Crippen LogP contribution is -2.28. The Morgan fingerprint density at radius 1 is 0.750 bits per heavy atom. The van der Waals surface area contributed by atoms with Gasteiger partial charge in [-0.2, -0.15) is 0 Å². The maximum atomic E-state index is 12.9. The largest absolute Gasteiger partial charge is 0.452 e. The van der Waals surface area contributed by atoms with E-state index in [4.69, 9.17) is 4.74 Å². The molecule has 0 saturated carbocycles. The van der Waals surface area contributed by atoms with Crippen molar-refractivity contribution in [2.45, 2.75) is 6.42 Å². The number of allylic oxidation sites excluding steroid dienone is 2. The Morgan fingerprint density at radius 2 is 1.46 bits per heavy atom. The second-order valence-corrected chi connectivity index (χ2v) is 6.05. The van der Waals surface area contributed by atoms with E-state index in [1.165, 1.54) is 0 Å². The highest BCUT2D eigenvalue weighted by atomic mass is 16.5. The van der Waals surface area contributed by atoms with Crippen LogP contribution in [-0.2, 0) is 6.42 Å². The van der Waals surface area contributed by atoms with Gasteiger partial charge in [0.1, 0.15) is 5.75 Å². The summed E-state index contributed by atoms with van der Waals surface area (Å²) in [5.74, 6) is 0.521. The molecule has 0 unspecified atom stereocenters. The van der Waals surface area contributed by atoms with Crippen molar-refractivity contribution < 1.29 is 14.3 Å². The zero-order chi connectivity index (χ0) is 16.3. The molecule has 3 aromatic rings. The Labute approximate surface area is 138 Å². The van der Waals surface area contributed by atoms with Gasteiger partial charge in [-0.25, -0.2) is 0 Å². The molecule has 0 radical (unpaired) electrons. The smallest absolute Gasteiger partial charge is 0.229 e. The third-order valence-electron chi connectivity index (χ3n) is 4.73. The lowest BCUT2D eigenvalue weighted by Gasteiger charge is -2.27. The number of hydrogen-bond acceptors (Lipinski definition) is 3. The number of hydrogen-bond donors (Lipinski definition) is 0. The second kappa shape index (κ2) is 4.65. The van der Waals surface area contributed by atoms with Crippen LogP contribution in [0, 0.1) is 0 Å². The number of benzene rings is 3. The van der Waals surface area contributed by atoms with Crippen molar-refractivity contribution in [3.8, 4) is 5.75 Å². The standard InChI is InChI=1S/C21H12O3/c22-19-14-7-3-4-8-15(14)20(23)21-17(19)11-16-13-6-2-1-5-12(13)9-10-18(16)24-21/h1-10H,11H2. The molecular weight excluding hydrogens is 300 g/mol. The number of ether oxygens (including phenoxy) is 1. The summed E-state index contributed by atoms with van der Waals surface area (Å²) in [6, 6.07) is 18.8. The average Bonchev–Trinajstić information content (AvgIpc) is 2.65. The first-order chi connectivity index (χ1) is 11.7. The molecule has 0 bridgehead atoms. The zero-order valence-corrected chi connectivity index (χ0v) is 12.7. The lowest BCUT2D eigenvalue weighted by molar-refractivity contribution is 0.0930. The molecule has 5 rings (SSSR count). The van der Waals surface area contributed by atoms with Crippen LogP contribution < -0.4 is 4.74 Å². The highest BCUT2D eigenvalue weighted by Gasteiger charge is 2.37. The number of fused-ring (bicyclic) bond motifs is 4.